The second-order valence-corrected chi connectivity index (χ2v) is 7.68. The molecule has 0 unspecified atom stereocenters. The summed E-state index contributed by atoms with van der Waals surface area (Å²) in [5.41, 5.74) is 4.41. The van der Waals surface area contributed by atoms with Crippen LogP contribution in [0.3, 0.4) is 0 Å². The van der Waals surface area contributed by atoms with Crippen LogP contribution in [0.1, 0.15) is 28.8 Å². The lowest BCUT2D eigenvalue weighted by Crippen LogP contribution is -2.35. The van der Waals surface area contributed by atoms with Gasteiger partial charge in [0.15, 0.2) is 5.82 Å². The van der Waals surface area contributed by atoms with Gasteiger partial charge in [-0.3, -0.25) is 10.2 Å². The summed E-state index contributed by atoms with van der Waals surface area (Å²) in [5.74, 6) is -1.37. The van der Waals surface area contributed by atoms with E-state index in [1.165, 1.54) is 24.1 Å². The first kappa shape index (κ1) is 20.1. The number of hydrogen-bond donors (Lipinski definition) is 3. The standard InChI is InChI=1S/C19H20ClFN2O3S/c20-17-10-14(13-3-1-2-12(8-13)11-24)9-16(18(17)21)19(25)22-23-27-15-4-6-26-7-5-15/h1-3,8-10,15,23-24H,4-7,11H2,(H,22,25). The van der Waals surface area contributed by atoms with Crippen LogP contribution in [-0.4, -0.2) is 29.5 Å². The molecular formula is C19H20ClFN2O3S. The van der Waals surface area contributed by atoms with Crippen molar-refractivity contribution in [3.8, 4) is 11.1 Å². The maximum Gasteiger partial charge on any atom is 0.269 e. The molecule has 1 saturated heterocycles. The Bertz CT molecular complexity index is 816. The predicted octanol–water partition coefficient (Wildman–Crippen LogP) is 3.70. The lowest BCUT2D eigenvalue weighted by molar-refractivity contribution is 0.0940. The SMILES string of the molecule is O=C(NNSC1CCOCC1)c1cc(-c2cccc(CO)c2)cc(Cl)c1F. The van der Waals surface area contributed by atoms with Crippen LogP contribution in [0.2, 0.25) is 5.02 Å². The first-order valence-corrected chi connectivity index (χ1v) is 9.82. The Labute approximate surface area is 166 Å². The number of ether oxygens (including phenoxy) is 1. The van der Waals surface area contributed by atoms with Crippen molar-refractivity contribution in [3.63, 3.8) is 0 Å². The molecule has 0 spiro atoms. The van der Waals surface area contributed by atoms with Gasteiger partial charge in [-0.15, -0.1) is 0 Å². The average Bonchev–Trinajstić information content (AvgIpc) is 2.70. The first-order valence-electron chi connectivity index (χ1n) is 8.56. The van der Waals surface area contributed by atoms with Gasteiger partial charge in [0.05, 0.1) is 17.2 Å². The Morgan fingerprint density at radius 3 is 2.78 bits per heavy atom. The van der Waals surface area contributed by atoms with Gasteiger partial charge in [0.25, 0.3) is 5.91 Å². The first-order chi connectivity index (χ1) is 13.1. The second-order valence-electron chi connectivity index (χ2n) is 6.16. The third-order valence-electron chi connectivity index (χ3n) is 4.27. The summed E-state index contributed by atoms with van der Waals surface area (Å²) in [6, 6.07) is 10.1. The Hall–Kier alpha value is -1.64. The summed E-state index contributed by atoms with van der Waals surface area (Å²) in [6.07, 6.45) is 1.79. The van der Waals surface area contributed by atoms with Crippen molar-refractivity contribution >= 4 is 29.5 Å². The van der Waals surface area contributed by atoms with Crippen LogP contribution in [0.4, 0.5) is 4.39 Å². The summed E-state index contributed by atoms with van der Waals surface area (Å²) in [4.78, 5) is 15.2. The number of benzene rings is 2. The molecule has 27 heavy (non-hydrogen) atoms. The summed E-state index contributed by atoms with van der Waals surface area (Å²) < 4.78 is 19.7. The number of aliphatic hydroxyl groups is 1. The summed E-state index contributed by atoms with van der Waals surface area (Å²) in [6.45, 7) is 1.29. The van der Waals surface area contributed by atoms with Crippen molar-refractivity contribution in [2.24, 2.45) is 0 Å². The number of amides is 1. The summed E-state index contributed by atoms with van der Waals surface area (Å²) in [7, 11) is 0. The third kappa shape index (κ3) is 5.21. The van der Waals surface area contributed by atoms with Gasteiger partial charge in [-0.25, -0.2) is 4.39 Å². The number of halogens is 2. The number of carbonyl (C=O) groups is 1. The van der Waals surface area contributed by atoms with Crippen LogP contribution < -0.4 is 10.3 Å². The zero-order valence-corrected chi connectivity index (χ0v) is 16.1. The topological polar surface area (TPSA) is 70.6 Å². The molecule has 0 bridgehead atoms. The van der Waals surface area contributed by atoms with Crippen LogP contribution in [-0.2, 0) is 11.3 Å². The second kappa shape index (κ2) is 9.52. The van der Waals surface area contributed by atoms with Crippen molar-refractivity contribution in [1.82, 2.24) is 10.3 Å². The molecule has 0 aromatic heterocycles. The number of hydrogen-bond acceptors (Lipinski definition) is 5. The van der Waals surface area contributed by atoms with Crippen LogP contribution in [0.5, 0.6) is 0 Å². The molecule has 1 fully saturated rings. The van der Waals surface area contributed by atoms with Gasteiger partial charge in [0.1, 0.15) is 0 Å². The quantitative estimate of drug-likeness (QED) is 0.500. The molecule has 1 aliphatic heterocycles. The highest BCUT2D eigenvalue weighted by molar-refractivity contribution is 7.98. The van der Waals surface area contributed by atoms with E-state index in [4.69, 9.17) is 16.3 Å². The number of aliphatic hydroxyl groups excluding tert-OH is 1. The summed E-state index contributed by atoms with van der Waals surface area (Å²) >= 11 is 7.39. The zero-order chi connectivity index (χ0) is 19.2. The van der Waals surface area contributed by atoms with E-state index >= 15 is 0 Å². The van der Waals surface area contributed by atoms with E-state index in [0.717, 1.165) is 18.4 Å². The highest BCUT2D eigenvalue weighted by Crippen LogP contribution is 2.28. The highest BCUT2D eigenvalue weighted by Gasteiger charge is 2.19. The van der Waals surface area contributed by atoms with Crippen LogP contribution in [0, 0.1) is 5.82 Å². The molecule has 3 N–H and O–H groups in total. The van der Waals surface area contributed by atoms with Gasteiger partial charge < -0.3 is 9.84 Å². The van der Waals surface area contributed by atoms with Crippen LogP contribution in [0.25, 0.3) is 11.1 Å². The van der Waals surface area contributed by atoms with Gasteiger partial charge in [0, 0.05) is 18.5 Å². The minimum Gasteiger partial charge on any atom is -0.392 e. The van der Waals surface area contributed by atoms with Crippen LogP contribution in [0.15, 0.2) is 36.4 Å². The highest BCUT2D eigenvalue weighted by atomic mass is 35.5. The molecule has 5 nitrogen and oxygen atoms in total. The van der Waals surface area contributed by atoms with E-state index in [1.807, 2.05) is 6.07 Å². The molecule has 2 aromatic carbocycles. The summed E-state index contributed by atoms with van der Waals surface area (Å²) in [5, 5.41) is 9.48. The van der Waals surface area contributed by atoms with Crippen molar-refractivity contribution < 1.29 is 19.0 Å². The Morgan fingerprint density at radius 2 is 2.04 bits per heavy atom. The van der Waals surface area contributed by atoms with E-state index in [2.05, 4.69) is 10.3 Å². The maximum atomic E-state index is 14.4. The van der Waals surface area contributed by atoms with Gasteiger partial charge in [0.2, 0.25) is 0 Å². The van der Waals surface area contributed by atoms with E-state index in [-0.39, 0.29) is 17.2 Å². The molecule has 0 atom stereocenters. The third-order valence-corrected chi connectivity index (χ3v) is 5.57. The molecule has 0 radical (unpaired) electrons. The normalized spacial score (nSPS) is 14.9. The molecule has 0 aliphatic carbocycles. The minimum atomic E-state index is -0.769. The largest absolute Gasteiger partial charge is 0.392 e. The number of carbonyl (C=O) groups excluding carboxylic acids is 1. The van der Waals surface area contributed by atoms with Gasteiger partial charge >= 0.3 is 0 Å². The minimum absolute atomic E-state index is 0.108. The molecule has 2 aromatic rings. The Morgan fingerprint density at radius 1 is 1.26 bits per heavy atom. The molecule has 1 amide bonds. The Balaban J connectivity index is 1.73. The Kier molecular flexibility index (Phi) is 7.09. The average molecular weight is 411 g/mol. The van der Waals surface area contributed by atoms with E-state index in [9.17, 15) is 14.3 Å². The monoisotopic (exact) mass is 410 g/mol. The molecule has 144 valence electrons. The van der Waals surface area contributed by atoms with Crippen molar-refractivity contribution in [2.45, 2.75) is 24.7 Å². The molecule has 1 aliphatic rings. The molecule has 3 rings (SSSR count). The van der Waals surface area contributed by atoms with Crippen molar-refractivity contribution in [2.75, 3.05) is 13.2 Å². The lowest BCUT2D eigenvalue weighted by atomic mass is 10.0. The molecular weight excluding hydrogens is 391 g/mol. The molecule has 0 saturated carbocycles. The fourth-order valence-electron chi connectivity index (χ4n) is 2.79. The fraction of sp³-hybridized carbons (Fsp3) is 0.316. The number of hydrazine groups is 1. The number of nitrogens with one attached hydrogen (secondary N) is 2. The van der Waals surface area contributed by atoms with Gasteiger partial charge in [-0.1, -0.05) is 41.7 Å². The molecule has 8 heteroatoms. The van der Waals surface area contributed by atoms with Gasteiger partial charge in [-0.2, -0.15) is 4.83 Å². The van der Waals surface area contributed by atoms with Gasteiger partial charge in [-0.05, 0) is 47.7 Å². The van der Waals surface area contributed by atoms with E-state index < -0.39 is 11.7 Å². The van der Waals surface area contributed by atoms with E-state index in [0.29, 0.717) is 29.6 Å². The maximum absolute atomic E-state index is 14.4. The predicted molar refractivity (Wildman–Crippen MR) is 105 cm³/mol. The lowest BCUT2D eigenvalue weighted by Gasteiger charge is -2.21. The van der Waals surface area contributed by atoms with Crippen LogP contribution >= 0.6 is 23.5 Å². The van der Waals surface area contributed by atoms with Crippen molar-refractivity contribution in [1.29, 1.82) is 0 Å². The fourth-order valence-corrected chi connectivity index (χ4v) is 3.76. The van der Waals surface area contributed by atoms with Crippen molar-refractivity contribution in [3.05, 3.63) is 58.4 Å². The smallest absolute Gasteiger partial charge is 0.269 e. The molecule has 1 heterocycles. The number of rotatable bonds is 6. The van der Waals surface area contributed by atoms with E-state index in [1.54, 1.807) is 18.2 Å². The zero-order valence-electron chi connectivity index (χ0n) is 14.5.